The Morgan fingerprint density at radius 3 is 2.59 bits per heavy atom. The quantitative estimate of drug-likeness (QED) is 0.749. The molecule has 0 aliphatic heterocycles. The van der Waals surface area contributed by atoms with Gasteiger partial charge >= 0.3 is 0 Å². The van der Waals surface area contributed by atoms with Gasteiger partial charge in [0.05, 0.1) is 0 Å². The summed E-state index contributed by atoms with van der Waals surface area (Å²) in [6, 6.07) is 7.11. The van der Waals surface area contributed by atoms with Gasteiger partial charge in [-0.3, -0.25) is 0 Å². The third-order valence-electron chi connectivity index (χ3n) is 2.12. The van der Waals surface area contributed by atoms with Crippen LogP contribution in [0.3, 0.4) is 0 Å². The molecule has 0 fully saturated rings. The molecule has 17 heavy (non-hydrogen) atoms. The third kappa shape index (κ3) is 3.12. The number of benzene rings is 1. The first-order chi connectivity index (χ1) is 8.06. The van der Waals surface area contributed by atoms with Crippen molar-refractivity contribution in [2.24, 2.45) is 0 Å². The Balaban J connectivity index is 2.28. The van der Waals surface area contributed by atoms with Crippen LogP contribution < -0.4 is 4.74 Å². The Labute approximate surface area is 118 Å². The van der Waals surface area contributed by atoms with Crippen molar-refractivity contribution in [1.29, 1.82) is 0 Å². The summed E-state index contributed by atoms with van der Waals surface area (Å²) in [5.41, 5.74) is 0.942. The van der Waals surface area contributed by atoms with Crippen molar-refractivity contribution in [2.75, 3.05) is 0 Å². The van der Waals surface area contributed by atoms with E-state index >= 15 is 0 Å². The van der Waals surface area contributed by atoms with Crippen LogP contribution in [0.2, 0.25) is 10.0 Å². The van der Waals surface area contributed by atoms with Gasteiger partial charge < -0.3 is 4.74 Å². The smallest absolute Gasteiger partial charge is 0.238 e. The maximum absolute atomic E-state index is 6.01. The van der Waals surface area contributed by atoms with E-state index in [0.29, 0.717) is 21.7 Å². The van der Waals surface area contributed by atoms with Crippen molar-refractivity contribution in [1.82, 2.24) is 4.98 Å². The molecule has 0 aliphatic carbocycles. The molecule has 1 aromatic carbocycles. The summed E-state index contributed by atoms with van der Waals surface area (Å²) in [5, 5.41) is 1.15. The molecule has 0 saturated heterocycles. The van der Waals surface area contributed by atoms with Gasteiger partial charge in [0, 0.05) is 15.7 Å². The lowest BCUT2D eigenvalue weighted by atomic mass is 10.2. The summed E-state index contributed by atoms with van der Waals surface area (Å²) in [5.74, 6) is 1.03. The first-order valence-corrected chi connectivity index (χ1v) is 6.36. The Bertz CT molecular complexity index is 560. The summed E-state index contributed by atoms with van der Waals surface area (Å²) in [7, 11) is 0. The summed E-state index contributed by atoms with van der Waals surface area (Å²) in [6.45, 7) is 1.91. The topological polar surface area (TPSA) is 22.1 Å². The van der Waals surface area contributed by atoms with Crippen molar-refractivity contribution in [3.63, 3.8) is 0 Å². The highest BCUT2D eigenvalue weighted by Gasteiger charge is 2.06. The minimum atomic E-state index is 0.372. The fraction of sp³-hybridized carbons (Fsp3) is 0.0833. The van der Waals surface area contributed by atoms with Gasteiger partial charge in [-0.25, -0.2) is 4.98 Å². The summed E-state index contributed by atoms with van der Waals surface area (Å²) < 4.78 is 6.38. The second-order valence-corrected chi connectivity index (χ2v) is 5.18. The van der Waals surface area contributed by atoms with Gasteiger partial charge in [-0.15, -0.1) is 0 Å². The number of pyridine rings is 1. The van der Waals surface area contributed by atoms with E-state index in [1.807, 2.05) is 13.0 Å². The average molecular weight is 333 g/mol. The molecular weight excluding hydrogens is 325 g/mol. The Hall–Kier alpha value is -0.770. The number of aromatic nitrogens is 1. The molecule has 1 aromatic heterocycles. The Kier molecular flexibility index (Phi) is 3.92. The minimum Gasteiger partial charge on any atom is -0.438 e. The fourth-order valence-corrected chi connectivity index (χ4v) is 2.05. The van der Waals surface area contributed by atoms with Crippen LogP contribution >= 0.6 is 39.1 Å². The summed E-state index contributed by atoms with van der Waals surface area (Å²) in [6.07, 6.45) is 1.63. The van der Waals surface area contributed by atoms with Crippen LogP contribution in [0.5, 0.6) is 11.6 Å². The maximum Gasteiger partial charge on any atom is 0.238 e. The number of nitrogens with zero attached hydrogens (tertiary/aromatic N) is 1. The monoisotopic (exact) mass is 331 g/mol. The van der Waals surface area contributed by atoms with Gasteiger partial charge in [0.2, 0.25) is 5.88 Å². The molecule has 0 saturated carbocycles. The minimum absolute atomic E-state index is 0.372. The molecule has 0 radical (unpaired) electrons. The number of hydrogen-bond acceptors (Lipinski definition) is 2. The molecule has 2 aromatic rings. The van der Waals surface area contributed by atoms with Crippen LogP contribution in [0.1, 0.15) is 5.56 Å². The number of hydrogen-bond donors (Lipinski definition) is 0. The summed E-state index contributed by atoms with van der Waals surface area (Å²) >= 11 is 15.2. The molecule has 0 aliphatic rings. The second kappa shape index (κ2) is 5.25. The highest BCUT2D eigenvalue weighted by Crippen LogP contribution is 2.30. The van der Waals surface area contributed by atoms with E-state index in [1.165, 1.54) is 0 Å². The van der Waals surface area contributed by atoms with Gasteiger partial charge in [-0.2, -0.15) is 0 Å². The lowest BCUT2D eigenvalue weighted by Gasteiger charge is -2.07. The van der Waals surface area contributed by atoms with E-state index in [0.717, 1.165) is 10.0 Å². The third-order valence-corrected chi connectivity index (χ3v) is 3.25. The van der Waals surface area contributed by atoms with Gasteiger partial charge in [0.15, 0.2) is 0 Å². The van der Waals surface area contributed by atoms with E-state index in [2.05, 4.69) is 20.9 Å². The van der Waals surface area contributed by atoms with Crippen molar-refractivity contribution in [3.05, 3.63) is 50.5 Å². The first-order valence-electron chi connectivity index (χ1n) is 4.81. The van der Waals surface area contributed by atoms with Crippen LogP contribution in [0, 0.1) is 6.92 Å². The van der Waals surface area contributed by atoms with E-state index in [4.69, 9.17) is 27.9 Å². The fourth-order valence-electron chi connectivity index (χ4n) is 1.27. The standard InChI is InChI=1S/C12H8BrCl2NO/c1-7-4-9(2-3-10(7)14)17-12-11(15)5-8(13)6-16-12/h2-6H,1H3. The van der Waals surface area contributed by atoms with Crippen LogP contribution in [-0.2, 0) is 0 Å². The highest BCUT2D eigenvalue weighted by molar-refractivity contribution is 9.10. The summed E-state index contributed by atoms with van der Waals surface area (Å²) in [4.78, 5) is 4.09. The molecule has 2 rings (SSSR count). The van der Waals surface area contributed by atoms with Crippen LogP contribution in [0.4, 0.5) is 0 Å². The van der Waals surface area contributed by atoms with Crippen molar-refractivity contribution in [3.8, 4) is 11.6 Å². The number of rotatable bonds is 2. The van der Waals surface area contributed by atoms with Crippen LogP contribution in [0.25, 0.3) is 0 Å². The zero-order valence-electron chi connectivity index (χ0n) is 8.88. The van der Waals surface area contributed by atoms with Crippen molar-refractivity contribution < 1.29 is 4.74 Å². The van der Waals surface area contributed by atoms with Gasteiger partial charge in [0.1, 0.15) is 10.8 Å². The van der Waals surface area contributed by atoms with Crippen LogP contribution in [-0.4, -0.2) is 4.98 Å². The first kappa shape index (κ1) is 12.7. The SMILES string of the molecule is Cc1cc(Oc2ncc(Br)cc2Cl)ccc1Cl. The van der Waals surface area contributed by atoms with Gasteiger partial charge in [0.25, 0.3) is 0 Å². The molecule has 0 atom stereocenters. The molecule has 0 bridgehead atoms. The molecule has 0 N–H and O–H groups in total. The second-order valence-electron chi connectivity index (χ2n) is 3.45. The zero-order chi connectivity index (χ0) is 12.4. The molecule has 1 heterocycles. The maximum atomic E-state index is 6.01. The van der Waals surface area contributed by atoms with E-state index < -0.39 is 0 Å². The molecule has 88 valence electrons. The molecular formula is C12H8BrCl2NO. The predicted molar refractivity (Wildman–Crippen MR) is 73.2 cm³/mol. The molecule has 0 unspecified atom stereocenters. The van der Waals surface area contributed by atoms with Crippen molar-refractivity contribution in [2.45, 2.75) is 6.92 Å². The lowest BCUT2D eigenvalue weighted by Crippen LogP contribution is -1.89. The molecule has 0 spiro atoms. The molecule has 0 amide bonds. The number of aryl methyl sites for hydroxylation is 1. The highest BCUT2D eigenvalue weighted by atomic mass is 79.9. The normalized spacial score (nSPS) is 10.4. The van der Waals surface area contributed by atoms with Gasteiger partial charge in [-0.05, 0) is 52.7 Å². The number of ether oxygens (including phenoxy) is 1. The van der Waals surface area contributed by atoms with Crippen LogP contribution in [0.15, 0.2) is 34.9 Å². The van der Waals surface area contributed by atoms with Gasteiger partial charge in [-0.1, -0.05) is 23.2 Å². The predicted octanol–water partition coefficient (Wildman–Crippen LogP) is 5.25. The largest absolute Gasteiger partial charge is 0.438 e. The number of halogens is 3. The molecule has 2 nitrogen and oxygen atoms in total. The lowest BCUT2D eigenvalue weighted by molar-refractivity contribution is 0.462. The van der Waals surface area contributed by atoms with E-state index in [9.17, 15) is 0 Å². The Morgan fingerprint density at radius 2 is 1.94 bits per heavy atom. The van der Waals surface area contributed by atoms with E-state index in [-0.39, 0.29) is 0 Å². The Morgan fingerprint density at radius 1 is 1.18 bits per heavy atom. The zero-order valence-corrected chi connectivity index (χ0v) is 12.0. The van der Waals surface area contributed by atoms with Crippen molar-refractivity contribution >= 4 is 39.1 Å². The average Bonchev–Trinajstić information content (AvgIpc) is 2.27. The van der Waals surface area contributed by atoms with E-state index in [1.54, 1.807) is 24.4 Å². The molecule has 5 heteroatoms.